The van der Waals surface area contributed by atoms with Crippen LogP contribution in [0.4, 0.5) is 4.79 Å². The number of pyridine rings is 1. The Hall–Kier alpha value is -4.74. The van der Waals surface area contributed by atoms with Gasteiger partial charge in [-0.1, -0.05) is 33.8 Å². The van der Waals surface area contributed by atoms with Crippen LogP contribution in [0.5, 0.6) is 0 Å². The fourth-order valence-electron chi connectivity index (χ4n) is 10.2. The van der Waals surface area contributed by atoms with Crippen LogP contribution in [0.3, 0.4) is 0 Å². The van der Waals surface area contributed by atoms with Crippen LogP contribution >= 0.6 is 11.3 Å². The summed E-state index contributed by atoms with van der Waals surface area (Å²) in [6.45, 7) is 15.4. The molecule has 4 atom stereocenters. The summed E-state index contributed by atoms with van der Waals surface area (Å²) in [7, 11) is 3.35. The number of hydrogen-bond donors (Lipinski definition) is 2. The number of aryl methyl sites for hydroxylation is 1. The Kier molecular flexibility index (Phi) is 13.1. The number of amides is 4. The first-order chi connectivity index (χ1) is 30.6. The first kappa shape index (κ1) is 45.8. The van der Waals surface area contributed by atoms with Crippen LogP contribution in [0.2, 0.25) is 0 Å². The number of carbonyl (C=O) groups excluding carboxylic acids is 4. The highest BCUT2D eigenvalue weighted by molar-refractivity contribution is 7.10. The second kappa shape index (κ2) is 18.3. The van der Waals surface area contributed by atoms with Crippen molar-refractivity contribution in [3.8, 4) is 22.5 Å². The van der Waals surface area contributed by atoms with Gasteiger partial charge in [-0.3, -0.25) is 19.6 Å². The highest BCUT2D eigenvalue weighted by Crippen LogP contribution is 2.42. The lowest BCUT2D eigenvalue weighted by Crippen LogP contribution is -2.68. The van der Waals surface area contributed by atoms with E-state index in [1.807, 2.05) is 32.2 Å². The molecule has 6 bridgehead atoms. The van der Waals surface area contributed by atoms with E-state index in [-0.39, 0.29) is 36.7 Å². The average Bonchev–Trinajstić information content (AvgIpc) is 4.03. The lowest BCUT2D eigenvalue weighted by molar-refractivity contribution is -0.147. The van der Waals surface area contributed by atoms with E-state index in [0.29, 0.717) is 57.1 Å². The van der Waals surface area contributed by atoms with Crippen molar-refractivity contribution in [1.29, 1.82) is 0 Å². The topological polar surface area (TPSA) is 160 Å². The summed E-state index contributed by atoms with van der Waals surface area (Å²) in [6.07, 6.45) is 6.09. The summed E-state index contributed by atoms with van der Waals surface area (Å²) >= 11 is 1.43. The second-order valence-electron chi connectivity index (χ2n) is 19.4. The van der Waals surface area contributed by atoms with Crippen LogP contribution < -0.4 is 10.7 Å². The predicted octanol–water partition coefficient (Wildman–Crippen LogP) is 6.19. The maximum Gasteiger partial charge on any atom is 0.320 e. The number of fused-ring (bicyclic) bond motifs is 6. The van der Waals surface area contributed by atoms with Gasteiger partial charge in [0.15, 0.2) is 0 Å². The molecule has 344 valence electrons. The molecule has 4 aliphatic rings. The lowest BCUT2D eigenvalue weighted by Gasteiger charge is -2.49. The fourth-order valence-corrected chi connectivity index (χ4v) is 11.1. The van der Waals surface area contributed by atoms with Crippen LogP contribution in [0.25, 0.3) is 33.4 Å². The zero-order chi connectivity index (χ0) is 45.6. The SMILES string of the molecule is CCn1c(-c2cccnc2[C@H](C)OC)c2c3cc(ccc31)-c1csc(n1)C[C@H](NC(=O)[C@H](C(C)C)N(C)C(=O)N1CC3(CCCO3)C1)C(=O)N1CCC[C@](C=O)(COCC(C)(C)C2)N1. The number of hydrazine groups is 1. The van der Waals surface area contributed by atoms with Crippen molar-refractivity contribution in [1.82, 2.24) is 40.1 Å². The predicted molar refractivity (Wildman–Crippen MR) is 245 cm³/mol. The molecule has 16 heteroatoms. The molecule has 8 rings (SSSR count). The van der Waals surface area contributed by atoms with Gasteiger partial charge in [0.2, 0.25) is 5.91 Å². The Morgan fingerprint density at radius 1 is 1.14 bits per heavy atom. The number of aromatic nitrogens is 3. The number of carbonyl (C=O) groups is 4. The highest BCUT2D eigenvalue weighted by atomic mass is 32.1. The van der Waals surface area contributed by atoms with Crippen molar-refractivity contribution >= 4 is 46.4 Å². The van der Waals surface area contributed by atoms with Crippen molar-refractivity contribution in [3.05, 3.63) is 58.2 Å². The van der Waals surface area contributed by atoms with Crippen LogP contribution in [-0.2, 0) is 48.0 Å². The Morgan fingerprint density at radius 2 is 1.94 bits per heavy atom. The van der Waals surface area contributed by atoms with Crippen LogP contribution in [-0.4, -0.2) is 130 Å². The fraction of sp³-hybridized carbons (Fsp3) is 0.583. The molecule has 3 fully saturated rings. The number of rotatable bonds is 9. The molecule has 4 aromatic rings. The van der Waals surface area contributed by atoms with E-state index in [4.69, 9.17) is 24.2 Å². The minimum Gasteiger partial charge on any atom is -0.378 e. The van der Waals surface area contributed by atoms with Crippen molar-refractivity contribution in [3.63, 3.8) is 0 Å². The number of likely N-dealkylation sites (N-methyl/N-ethyl adjacent to an activating group) is 1. The summed E-state index contributed by atoms with van der Waals surface area (Å²) in [5.41, 5.74) is 8.29. The number of urea groups is 1. The maximum atomic E-state index is 14.7. The second-order valence-corrected chi connectivity index (χ2v) is 20.3. The Bertz CT molecular complexity index is 2380. The highest BCUT2D eigenvalue weighted by Gasteiger charge is 2.50. The van der Waals surface area contributed by atoms with Gasteiger partial charge in [-0.25, -0.2) is 15.2 Å². The number of nitrogens with one attached hydrogen (secondary N) is 2. The van der Waals surface area contributed by atoms with Gasteiger partial charge in [0.25, 0.3) is 5.91 Å². The molecule has 1 aromatic carbocycles. The molecule has 64 heavy (non-hydrogen) atoms. The first-order valence-corrected chi connectivity index (χ1v) is 23.7. The van der Waals surface area contributed by atoms with Crippen molar-refractivity contribution in [2.75, 3.05) is 53.6 Å². The van der Waals surface area contributed by atoms with Crippen molar-refractivity contribution in [2.24, 2.45) is 11.3 Å². The largest absolute Gasteiger partial charge is 0.378 e. The zero-order valence-electron chi connectivity index (χ0n) is 38.6. The average molecular weight is 897 g/mol. The van der Waals surface area contributed by atoms with Gasteiger partial charge in [0.1, 0.15) is 29.5 Å². The quantitative estimate of drug-likeness (QED) is 0.186. The number of methoxy groups -OCH3 is 1. The van der Waals surface area contributed by atoms with Crippen LogP contribution in [0, 0.1) is 11.3 Å². The van der Waals surface area contributed by atoms with Crippen molar-refractivity contribution < 1.29 is 33.4 Å². The lowest BCUT2D eigenvalue weighted by atomic mass is 9.84. The number of benzene rings is 1. The smallest absolute Gasteiger partial charge is 0.320 e. The molecule has 0 radical (unpaired) electrons. The molecule has 0 unspecified atom stereocenters. The summed E-state index contributed by atoms with van der Waals surface area (Å²) in [4.78, 5) is 69.1. The number of hydrogen-bond acceptors (Lipinski definition) is 11. The molecule has 0 saturated carbocycles. The monoisotopic (exact) mass is 896 g/mol. The number of likely N-dealkylation sites (tertiary alicyclic amines) is 1. The third-order valence-electron chi connectivity index (χ3n) is 13.6. The molecule has 3 aromatic heterocycles. The molecule has 4 amide bonds. The van der Waals surface area contributed by atoms with Crippen molar-refractivity contribution in [2.45, 2.75) is 116 Å². The van der Waals surface area contributed by atoms with E-state index in [1.54, 1.807) is 25.3 Å². The van der Waals surface area contributed by atoms with E-state index in [0.717, 1.165) is 70.3 Å². The molecule has 4 aliphatic heterocycles. The maximum absolute atomic E-state index is 14.7. The Balaban J connectivity index is 1.17. The Labute approximate surface area is 380 Å². The van der Waals surface area contributed by atoms with E-state index < -0.39 is 34.9 Å². The molecule has 7 heterocycles. The molecule has 0 aliphatic carbocycles. The summed E-state index contributed by atoms with van der Waals surface area (Å²) in [5.74, 6) is -1.10. The first-order valence-electron chi connectivity index (χ1n) is 22.8. The molecule has 1 spiro atoms. The minimum atomic E-state index is -1.16. The van der Waals surface area contributed by atoms with Crippen LogP contribution in [0.1, 0.15) is 89.6 Å². The number of ether oxygens (including phenoxy) is 3. The van der Waals surface area contributed by atoms with Gasteiger partial charge in [-0.05, 0) is 87.1 Å². The number of thiazole rings is 1. The summed E-state index contributed by atoms with van der Waals surface area (Å²) in [5, 5.41) is 8.27. The molecular weight excluding hydrogens is 833 g/mol. The van der Waals surface area contributed by atoms with Gasteiger partial charge in [-0.2, -0.15) is 0 Å². The third kappa shape index (κ3) is 8.83. The van der Waals surface area contributed by atoms with Gasteiger partial charge < -0.3 is 38.7 Å². The van der Waals surface area contributed by atoms with Gasteiger partial charge in [0, 0.05) is 73.9 Å². The molecular formula is C48H64N8O7S. The number of aldehydes is 1. The van der Waals surface area contributed by atoms with E-state index >= 15 is 0 Å². The molecule has 2 N–H and O–H groups in total. The van der Waals surface area contributed by atoms with Gasteiger partial charge in [-0.15, -0.1) is 11.3 Å². The van der Waals surface area contributed by atoms with E-state index in [9.17, 15) is 19.2 Å². The zero-order valence-corrected chi connectivity index (χ0v) is 39.4. The van der Waals surface area contributed by atoms with Gasteiger partial charge in [0.05, 0.1) is 54.5 Å². The van der Waals surface area contributed by atoms with Gasteiger partial charge >= 0.3 is 6.03 Å². The summed E-state index contributed by atoms with van der Waals surface area (Å²) in [6, 6.07) is 8.38. The normalized spacial score (nSPS) is 23.1. The number of nitrogens with zero attached hydrogens (tertiary/aromatic N) is 6. The standard InChI is InChI=1S/C48H64N8O7S/c1-9-55-38-15-14-32-21-34(38)35(42(55)33-13-10-18-49-40(33)31(4)61-8)23-46(5,6)28-62-29-47(27-57)16-11-19-56(52-47)44(59)36(22-39-50-37(32)24-64-39)51-43(58)41(30(2)3)53(7)45(60)54-25-48(26-54)17-12-20-63-48/h10,13-15,18,21,24,27,30-31,36,41,52H,9,11-12,16-17,19-20,22-23,25-26,28-29H2,1-8H3,(H,51,58)/t31-,36-,41-,47-/m0/s1. The van der Waals surface area contributed by atoms with Crippen LogP contribution in [0.15, 0.2) is 41.9 Å². The molecule has 3 saturated heterocycles. The molecule has 15 nitrogen and oxygen atoms in total. The van der Waals surface area contributed by atoms with E-state index in [2.05, 4.69) is 60.3 Å². The summed E-state index contributed by atoms with van der Waals surface area (Å²) < 4.78 is 20.6. The minimum absolute atomic E-state index is 0.0492. The Morgan fingerprint density at radius 3 is 2.64 bits per heavy atom. The van der Waals surface area contributed by atoms with E-state index in [1.165, 1.54) is 21.2 Å². The third-order valence-corrected chi connectivity index (χ3v) is 14.4.